The summed E-state index contributed by atoms with van der Waals surface area (Å²) >= 11 is 6.13. The fourth-order valence-electron chi connectivity index (χ4n) is 2.05. The molecule has 0 fully saturated rings. The smallest absolute Gasteiger partial charge is 0.130 e. The average Bonchev–Trinajstić information content (AvgIpc) is 2.52. The van der Waals surface area contributed by atoms with Gasteiger partial charge in [0.15, 0.2) is 0 Å². The maximum atomic E-state index is 9.96. The number of rotatable bonds is 7. The van der Waals surface area contributed by atoms with Crippen LogP contribution in [0.3, 0.4) is 0 Å². The quantitative estimate of drug-likeness (QED) is 0.763. The van der Waals surface area contributed by atoms with E-state index >= 15 is 0 Å². The van der Waals surface area contributed by atoms with Crippen LogP contribution in [0.5, 0.6) is 0 Å². The summed E-state index contributed by atoms with van der Waals surface area (Å²) in [6, 6.07) is 0. The molecular formula is C13H23ClN2O. The van der Waals surface area contributed by atoms with E-state index in [4.69, 9.17) is 11.6 Å². The van der Waals surface area contributed by atoms with Crippen LogP contribution in [0.25, 0.3) is 0 Å². The van der Waals surface area contributed by atoms with Crippen molar-refractivity contribution in [2.45, 2.75) is 58.5 Å². The van der Waals surface area contributed by atoms with Gasteiger partial charge in [0.25, 0.3) is 0 Å². The number of halogens is 1. The minimum atomic E-state index is -0.299. The number of aromatic nitrogens is 2. The first-order chi connectivity index (χ1) is 8.06. The van der Waals surface area contributed by atoms with E-state index in [0.717, 1.165) is 24.1 Å². The Morgan fingerprint density at radius 2 is 2.06 bits per heavy atom. The SMILES string of the molecule is CCCCCCC(O)Cc1c(C)nn(C)c1Cl. The predicted octanol–water partition coefficient (Wildman–Crippen LogP) is 3.26. The van der Waals surface area contributed by atoms with Crippen molar-refractivity contribution in [1.82, 2.24) is 9.78 Å². The van der Waals surface area contributed by atoms with Gasteiger partial charge in [0.1, 0.15) is 5.15 Å². The van der Waals surface area contributed by atoms with Gasteiger partial charge in [0.05, 0.1) is 11.8 Å². The minimum Gasteiger partial charge on any atom is -0.393 e. The highest BCUT2D eigenvalue weighted by atomic mass is 35.5. The van der Waals surface area contributed by atoms with Gasteiger partial charge in [-0.1, -0.05) is 44.2 Å². The zero-order chi connectivity index (χ0) is 12.8. The molecule has 1 rings (SSSR count). The molecule has 0 aliphatic rings. The molecule has 98 valence electrons. The summed E-state index contributed by atoms with van der Waals surface area (Å²) in [6.07, 6.45) is 5.93. The second-order valence-corrected chi connectivity index (χ2v) is 5.04. The lowest BCUT2D eigenvalue weighted by Gasteiger charge is -2.10. The van der Waals surface area contributed by atoms with Gasteiger partial charge in [-0.15, -0.1) is 0 Å². The van der Waals surface area contributed by atoms with Gasteiger partial charge < -0.3 is 5.11 Å². The number of hydrogen-bond acceptors (Lipinski definition) is 2. The fourth-order valence-corrected chi connectivity index (χ4v) is 2.30. The number of aliphatic hydroxyl groups excluding tert-OH is 1. The molecule has 1 unspecified atom stereocenters. The average molecular weight is 259 g/mol. The fraction of sp³-hybridized carbons (Fsp3) is 0.769. The highest BCUT2D eigenvalue weighted by molar-refractivity contribution is 6.30. The number of aryl methyl sites for hydroxylation is 2. The zero-order valence-electron chi connectivity index (χ0n) is 11.0. The Balaban J connectivity index is 2.42. The third-order valence-electron chi connectivity index (χ3n) is 3.10. The van der Waals surface area contributed by atoms with E-state index in [2.05, 4.69) is 12.0 Å². The van der Waals surface area contributed by atoms with E-state index in [-0.39, 0.29) is 6.10 Å². The summed E-state index contributed by atoms with van der Waals surface area (Å²) in [5.74, 6) is 0. The lowest BCUT2D eigenvalue weighted by atomic mass is 10.0. The van der Waals surface area contributed by atoms with Gasteiger partial charge in [0.2, 0.25) is 0 Å². The molecule has 1 heterocycles. The number of aliphatic hydroxyl groups is 1. The summed E-state index contributed by atoms with van der Waals surface area (Å²) in [6.45, 7) is 4.13. The van der Waals surface area contributed by atoms with E-state index in [1.54, 1.807) is 4.68 Å². The Labute approximate surface area is 109 Å². The van der Waals surface area contributed by atoms with Gasteiger partial charge in [-0.25, -0.2) is 0 Å². The summed E-state index contributed by atoms with van der Waals surface area (Å²) < 4.78 is 1.66. The predicted molar refractivity (Wildman–Crippen MR) is 71.4 cm³/mol. The molecule has 0 aromatic carbocycles. The first-order valence-electron chi connectivity index (χ1n) is 6.42. The largest absolute Gasteiger partial charge is 0.393 e. The number of nitrogens with zero attached hydrogens (tertiary/aromatic N) is 2. The van der Waals surface area contributed by atoms with Crippen LogP contribution in [0.1, 0.15) is 50.3 Å². The summed E-state index contributed by atoms with van der Waals surface area (Å²) in [4.78, 5) is 0. The van der Waals surface area contributed by atoms with Gasteiger partial charge in [-0.05, 0) is 13.3 Å². The second-order valence-electron chi connectivity index (χ2n) is 4.69. The van der Waals surface area contributed by atoms with Gasteiger partial charge in [0, 0.05) is 19.0 Å². The van der Waals surface area contributed by atoms with E-state index in [1.165, 1.54) is 19.3 Å². The molecule has 0 saturated carbocycles. The van der Waals surface area contributed by atoms with Gasteiger partial charge in [-0.3, -0.25) is 4.68 Å². The number of unbranched alkanes of at least 4 members (excludes halogenated alkanes) is 3. The molecule has 1 N–H and O–H groups in total. The monoisotopic (exact) mass is 258 g/mol. The third-order valence-corrected chi connectivity index (χ3v) is 3.57. The Kier molecular flexibility index (Phi) is 6.00. The molecule has 0 radical (unpaired) electrons. The van der Waals surface area contributed by atoms with Crippen molar-refractivity contribution >= 4 is 11.6 Å². The standard InChI is InChI=1S/C13H23ClN2O/c1-4-5-6-7-8-11(17)9-12-10(2)15-16(3)13(12)14/h11,17H,4-9H2,1-3H3. The maximum Gasteiger partial charge on any atom is 0.130 e. The van der Waals surface area contributed by atoms with Crippen molar-refractivity contribution in [2.24, 2.45) is 7.05 Å². The lowest BCUT2D eigenvalue weighted by molar-refractivity contribution is 0.160. The van der Waals surface area contributed by atoms with Crippen molar-refractivity contribution in [3.05, 3.63) is 16.4 Å². The molecule has 17 heavy (non-hydrogen) atoms. The van der Waals surface area contributed by atoms with Crippen LogP contribution < -0.4 is 0 Å². The van der Waals surface area contributed by atoms with Crippen molar-refractivity contribution < 1.29 is 5.11 Å². The van der Waals surface area contributed by atoms with Crippen molar-refractivity contribution in [3.63, 3.8) is 0 Å². The van der Waals surface area contributed by atoms with Crippen LogP contribution in [-0.4, -0.2) is 21.0 Å². The van der Waals surface area contributed by atoms with E-state index < -0.39 is 0 Å². The highest BCUT2D eigenvalue weighted by Crippen LogP contribution is 2.21. The third kappa shape index (κ3) is 4.32. The molecule has 4 heteroatoms. The summed E-state index contributed by atoms with van der Waals surface area (Å²) in [5, 5.41) is 14.9. The topological polar surface area (TPSA) is 38.1 Å². The van der Waals surface area contributed by atoms with Crippen LogP contribution in [0.2, 0.25) is 5.15 Å². The lowest BCUT2D eigenvalue weighted by Crippen LogP contribution is -2.11. The molecule has 0 bridgehead atoms. The summed E-state index contributed by atoms with van der Waals surface area (Å²) in [5.41, 5.74) is 1.90. The molecule has 0 amide bonds. The highest BCUT2D eigenvalue weighted by Gasteiger charge is 2.15. The molecule has 0 aliphatic heterocycles. The Bertz CT molecular complexity index is 349. The van der Waals surface area contributed by atoms with Crippen LogP contribution in [0, 0.1) is 6.92 Å². The van der Waals surface area contributed by atoms with Crippen molar-refractivity contribution in [3.8, 4) is 0 Å². The molecule has 0 saturated heterocycles. The molecule has 3 nitrogen and oxygen atoms in total. The van der Waals surface area contributed by atoms with Gasteiger partial charge in [-0.2, -0.15) is 5.10 Å². The van der Waals surface area contributed by atoms with E-state index in [9.17, 15) is 5.11 Å². The van der Waals surface area contributed by atoms with Crippen LogP contribution in [-0.2, 0) is 13.5 Å². The van der Waals surface area contributed by atoms with Crippen LogP contribution >= 0.6 is 11.6 Å². The molecular weight excluding hydrogens is 236 g/mol. The first-order valence-corrected chi connectivity index (χ1v) is 6.80. The van der Waals surface area contributed by atoms with Crippen molar-refractivity contribution in [1.29, 1.82) is 0 Å². The van der Waals surface area contributed by atoms with E-state index in [1.807, 2.05) is 14.0 Å². The second kappa shape index (κ2) is 7.02. The molecule has 1 aromatic rings. The Hall–Kier alpha value is -0.540. The van der Waals surface area contributed by atoms with Crippen molar-refractivity contribution in [2.75, 3.05) is 0 Å². The Morgan fingerprint density at radius 1 is 1.35 bits per heavy atom. The van der Waals surface area contributed by atoms with E-state index in [0.29, 0.717) is 11.6 Å². The number of hydrogen-bond donors (Lipinski definition) is 1. The molecule has 0 aliphatic carbocycles. The first kappa shape index (κ1) is 14.5. The van der Waals surface area contributed by atoms with Crippen LogP contribution in [0.15, 0.2) is 0 Å². The normalized spacial score (nSPS) is 13.0. The molecule has 1 aromatic heterocycles. The molecule has 1 atom stereocenters. The van der Waals surface area contributed by atoms with Crippen LogP contribution in [0.4, 0.5) is 0 Å². The minimum absolute atomic E-state index is 0.299. The maximum absolute atomic E-state index is 9.96. The summed E-state index contributed by atoms with van der Waals surface area (Å²) in [7, 11) is 1.83. The molecule has 0 spiro atoms. The Morgan fingerprint density at radius 3 is 2.59 bits per heavy atom. The van der Waals surface area contributed by atoms with Gasteiger partial charge >= 0.3 is 0 Å². The zero-order valence-corrected chi connectivity index (χ0v) is 11.8.